The highest BCUT2D eigenvalue weighted by atomic mass is 32.2. The van der Waals surface area contributed by atoms with Gasteiger partial charge in [0.2, 0.25) is 10.0 Å². The maximum absolute atomic E-state index is 13.3. The number of carbonyl (C=O) groups excluding carboxylic acids is 1. The van der Waals surface area contributed by atoms with Gasteiger partial charge < -0.3 is 14.2 Å². The molecule has 1 aliphatic heterocycles. The molecule has 1 fully saturated rings. The molecule has 0 amide bonds. The number of rotatable bonds is 7. The molecule has 0 bridgehead atoms. The second kappa shape index (κ2) is 8.69. The molecule has 0 aromatic heterocycles. The van der Waals surface area contributed by atoms with E-state index in [-0.39, 0.29) is 18.6 Å². The van der Waals surface area contributed by atoms with Crippen molar-refractivity contribution in [2.45, 2.75) is 44.1 Å². The smallest absolute Gasteiger partial charge is 0.335 e. The zero-order valence-electron chi connectivity index (χ0n) is 16.8. The molecule has 1 aromatic rings. The standard InChI is InChI=1S/C21H27NO6S/c1-4-15(3)16-8-6-7-9-18(16)22-29(24,25)19-10-11-21(27-12-13-28-21)14-17(19)20(23)26-5-2/h6-9,14,19,22H,3-5,10-13H2,1-2H3. The number of esters is 1. The molecule has 3 rings (SSSR count). The maximum Gasteiger partial charge on any atom is 0.335 e. The van der Waals surface area contributed by atoms with Gasteiger partial charge in [-0.3, -0.25) is 4.72 Å². The van der Waals surface area contributed by atoms with Crippen LogP contribution in [0, 0.1) is 0 Å². The Balaban J connectivity index is 1.95. The molecule has 8 heteroatoms. The van der Waals surface area contributed by atoms with Crippen molar-refractivity contribution in [2.75, 3.05) is 24.5 Å². The fraction of sp³-hybridized carbons (Fsp3) is 0.476. The summed E-state index contributed by atoms with van der Waals surface area (Å²) < 4.78 is 45.6. The number of carbonyl (C=O) groups is 1. The van der Waals surface area contributed by atoms with Gasteiger partial charge in [-0.05, 0) is 37.5 Å². The number of nitrogens with one attached hydrogen (secondary N) is 1. The van der Waals surface area contributed by atoms with E-state index < -0.39 is 27.0 Å². The first kappa shape index (κ1) is 21.5. The zero-order chi connectivity index (χ0) is 21.1. The summed E-state index contributed by atoms with van der Waals surface area (Å²) >= 11 is 0. The Morgan fingerprint density at radius 1 is 1.28 bits per heavy atom. The number of sulfonamides is 1. The van der Waals surface area contributed by atoms with Crippen molar-refractivity contribution in [2.24, 2.45) is 0 Å². The second-order valence-electron chi connectivity index (χ2n) is 7.01. The molecule has 1 aromatic carbocycles. The van der Waals surface area contributed by atoms with Crippen molar-refractivity contribution in [3.05, 3.63) is 48.1 Å². The number of ether oxygens (including phenoxy) is 3. The van der Waals surface area contributed by atoms with Crippen LogP contribution in [0.2, 0.25) is 0 Å². The van der Waals surface area contributed by atoms with Gasteiger partial charge >= 0.3 is 5.97 Å². The van der Waals surface area contributed by atoms with Crippen LogP contribution in [0.25, 0.3) is 5.57 Å². The Labute approximate surface area is 171 Å². The summed E-state index contributed by atoms with van der Waals surface area (Å²) in [6.45, 7) is 8.58. The molecule has 1 aliphatic carbocycles. The summed E-state index contributed by atoms with van der Waals surface area (Å²) in [6, 6.07) is 7.09. The zero-order valence-corrected chi connectivity index (χ0v) is 17.6. The number of anilines is 1. The lowest BCUT2D eigenvalue weighted by atomic mass is 9.94. The second-order valence-corrected chi connectivity index (χ2v) is 8.87. The number of hydrogen-bond donors (Lipinski definition) is 1. The Hall–Kier alpha value is -2.16. The van der Waals surface area contributed by atoms with Gasteiger partial charge in [0.25, 0.3) is 0 Å². The summed E-state index contributed by atoms with van der Waals surface area (Å²) in [4.78, 5) is 12.6. The predicted molar refractivity (Wildman–Crippen MR) is 111 cm³/mol. The highest BCUT2D eigenvalue weighted by Crippen LogP contribution is 2.38. The molecule has 158 valence electrons. The lowest BCUT2D eigenvalue weighted by Gasteiger charge is -2.33. The molecule has 1 N–H and O–H groups in total. The van der Waals surface area contributed by atoms with Crippen LogP contribution < -0.4 is 4.72 Å². The molecule has 1 heterocycles. The number of benzene rings is 1. The summed E-state index contributed by atoms with van der Waals surface area (Å²) in [5.74, 6) is -1.73. The van der Waals surface area contributed by atoms with Crippen molar-refractivity contribution in [1.29, 1.82) is 0 Å². The molecule has 29 heavy (non-hydrogen) atoms. The topological polar surface area (TPSA) is 90.9 Å². The van der Waals surface area contributed by atoms with Crippen LogP contribution in [0.4, 0.5) is 5.69 Å². The molecule has 1 atom stereocenters. The minimum atomic E-state index is -3.93. The summed E-state index contributed by atoms with van der Waals surface area (Å²) in [5, 5.41) is -1.07. The van der Waals surface area contributed by atoms with Crippen LogP contribution in [-0.4, -0.2) is 45.2 Å². The van der Waals surface area contributed by atoms with Gasteiger partial charge in [-0.2, -0.15) is 0 Å². The van der Waals surface area contributed by atoms with E-state index in [1.807, 2.05) is 19.1 Å². The third-order valence-corrected chi connectivity index (χ3v) is 6.87. The molecule has 7 nitrogen and oxygen atoms in total. The first-order valence-corrected chi connectivity index (χ1v) is 11.3. The van der Waals surface area contributed by atoms with E-state index in [1.165, 1.54) is 6.08 Å². The average Bonchev–Trinajstić information content (AvgIpc) is 3.15. The minimum Gasteiger partial charge on any atom is -0.463 e. The SMILES string of the molecule is C=C(CC)c1ccccc1NS(=O)(=O)C1CCC2(C=C1C(=O)OCC)OCCO2. The third kappa shape index (κ3) is 4.55. The molecule has 0 radical (unpaired) electrons. The van der Waals surface area contributed by atoms with Gasteiger partial charge in [0.1, 0.15) is 5.25 Å². The Kier molecular flexibility index (Phi) is 6.45. The van der Waals surface area contributed by atoms with Crippen LogP contribution in [-0.2, 0) is 29.0 Å². The van der Waals surface area contributed by atoms with Crippen molar-refractivity contribution in [3.8, 4) is 0 Å². The van der Waals surface area contributed by atoms with Gasteiger partial charge in [-0.1, -0.05) is 31.7 Å². The highest BCUT2D eigenvalue weighted by Gasteiger charge is 2.46. The largest absolute Gasteiger partial charge is 0.463 e. The molecular weight excluding hydrogens is 394 g/mol. The Morgan fingerprint density at radius 3 is 2.62 bits per heavy atom. The Morgan fingerprint density at radius 2 is 1.97 bits per heavy atom. The average molecular weight is 422 g/mol. The van der Waals surface area contributed by atoms with E-state index in [2.05, 4.69) is 11.3 Å². The molecule has 1 unspecified atom stereocenters. The normalized spacial score (nSPS) is 20.9. The lowest BCUT2D eigenvalue weighted by Crippen LogP contribution is -2.42. The van der Waals surface area contributed by atoms with E-state index in [0.29, 0.717) is 31.7 Å². The minimum absolute atomic E-state index is 0.0410. The number of allylic oxidation sites excluding steroid dienone is 1. The molecular formula is C21H27NO6S. The third-order valence-electron chi connectivity index (χ3n) is 5.13. The monoisotopic (exact) mass is 421 g/mol. The molecule has 1 saturated heterocycles. The van der Waals surface area contributed by atoms with Gasteiger partial charge in [0, 0.05) is 12.0 Å². The first-order chi connectivity index (χ1) is 13.8. The van der Waals surface area contributed by atoms with Crippen LogP contribution in [0.15, 0.2) is 42.5 Å². The fourth-order valence-electron chi connectivity index (χ4n) is 3.61. The van der Waals surface area contributed by atoms with Crippen molar-refractivity contribution < 1.29 is 27.4 Å². The van der Waals surface area contributed by atoms with Crippen LogP contribution >= 0.6 is 0 Å². The van der Waals surface area contributed by atoms with Gasteiger partial charge in [0.05, 0.1) is 31.1 Å². The highest BCUT2D eigenvalue weighted by molar-refractivity contribution is 7.93. The van der Waals surface area contributed by atoms with Crippen molar-refractivity contribution >= 4 is 27.3 Å². The van der Waals surface area contributed by atoms with Gasteiger partial charge in [0.15, 0.2) is 5.79 Å². The molecule has 2 aliphatic rings. The first-order valence-electron chi connectivity index (χ1n) is 9.78. The quantitative estimate of drug-likeness (QED) is 0.680. The fourth-order valence-corrected chi connectivity index (χ4v) is 5.16. The van der Waals surface area contributed by atoms with E-state index in [4.69, 9.17) is 14.2 Å². The summed E-state index contributed by atoms with van der Waals surface area (Å²) in [5.41, 5.74) is 2.03. The number of hydrogen-bond acceptors (Lipinski definition) is 6. The number of para-hydroxylation sites is 1. The van der Waals surface area contributed by atoms with Gasteiger partial charge in [-0.15, -0.1) is 0 Å². The van der Waals surface area contributed by atoms with E-state index in [1.54, 1.807) is 19.1 Å². The maximum atomic E-state index is 13.3. The van der Waals surface area contributed by atoms with Crippen LogP contribution in [0.5, 0.6) is 0 Å². The van der Waals surface area contributed by atoms with Crippen LogP contribution in [0.3, 0.4) is 0 Å². The van der Waals surface area contributed by atoms with Crippen LogP contribution in [0.1, 0.15) is 38.7 Å². The van der Waals surface area contributed by atoms with E-state index >= 15 is 0 Å². The summed E-state index contributed by atoms with van der Waals surface area (Å²) in [7, 11) is -3.93. The van der Waals surface area contributed by atoms with Crippen molar-refractivity contribution in [1.82, 2.24) is 0 Å². The van der Waals surface area contributed by atoms with Crippen molar-refractivity contribution in [3.63, 3.8) is 0 Å². The van der Waals surface area contributed by atoms with E-state index in [0.717, 1.165) is 11.1 Å². The lowest BCUT2D eigenvalue weighted by molar-refractivity contribution is -0.143. The summed E-state index contributed by atoms with van der Waals surface area (Å²) in [6.07, 6.45) is 2.68. The Bertz CT molecular complexity index is 915. The molecule has 1 spiro atoms. The predicted octanol–water partition coefficient (Wildman–Crippen LogP) is 3.25. The van der Waals surface area contributed by atoms with E-state index in [9.17, 15) is 13.2 Å². The van der Waals surface area contributed by atoms with Gasteiger partial charge in [-0.25, -0.2) is 13.2 Å². The molecule has 0 saturated carbocycles.